The number of fused-ring (bicyclic) bond motifs is 1. The smallest absolute Gasteiger partial charge is 0.303 e. The van der Waals surface area contributed by atoms with E-state index in [4.69, 9.17) is 47.1 Å². The van der Waals surface area contributed by atoms with E-state index in [-0.39, 0.29) is 38.1 Å². The van der Waals surface area contributed by atoms with E-state index < -0.39 is 87.2 Å². The molecule has 3 saturated heterocycles. The molecule has 0 aromatic heterocycles. The maximum atomic E-state index is 13.5. The quantitative estimate of drug-likeness (QED) is 0.0546. The summed E-state index contributed by atoms with van der Waals surface area (Å²) in [6.07, 6.45) is -11.0. The first-order valence-corrected chi connectivity index (χ1v) is 28.1. The summed E-state index contributed by atoms with van der Waals surface area (Å²) in [5.41, 5.74) is 3.77. The van der Waals surface area contributed by atoms with Crippen LogP contribution < -0.4 is 10.4 Å². The van der Waals surface area contributed by atoms with Gasteiger partial charge in [0.1, 0.15) is 61.0 Å². The van der Waals surface area contributed by atoms with Gasteiger partial charge in [-0.05, 0) is 51.5 Å². The number of rotatable bonds is 21. The fraction of sp³-hybridized carbons (Fsp3) is 0.403. The maximum Gasteiger partial charge on any atom is 0.303 e. The van der Waals surface area contributed by atoms with Crippen LogP contribution in [0.25, 0.3) is 0 Å². The van der Waals surface area contributed by atoms with Crippen molar-refractivity contribution in [2.24, 2.45) is 0 Å². The Bertz CT molecular complexity index is 2620. The molecule has 9 rings (SSSR count). The molecule has 6 aromatic rings. The van der Waals surface area contributed by atoms with Crippen LogP contribution in [0.15, 0.2) is 182 Å². The van der Waals surface area contributed by atoms with E-state index in [0.717, 1.165) is 32.6 Å². The molecule has 0 spiro atoms. The summed E-state index contributed by atoms with van der Waals surface area (Å²) in [4.78, 5) is 13.3. The molecular weight excluding hydrogens is 965 g/mol. The molecule has 6 aromatic carbocycles. The molecule has 3 aliphatic rings. The molecule has 13 heteroatoms. The number of hydrogen-bond donors (Lipinski definition) is 1. The van der Waals surface area contributed by atoms with Gasteiger partial charge < -0.3 is 52.2 Å². The third-order valence-corrected chi connectivity index (χ3v) is 19.3. The average molecular weight is 1040 g/mol. The zero-order chi connectivity index (χ0) is 52.4. The van der Waals surface area contributed by atoms with Crippen molar-refractivity contribution < 1.29 is 57.0 Å². The van der Waals surface area contributed by atoms with E-state index in [2.05, 4.69) is 45.0 Å². The van der Waals surface area contributed by atoms with E-state index in [1.165, 1.54) is 6.92 Å². The average Bonchev–Trinajstić information content (AvgIpc) is 3.76. The lowest BCUT2D eigenvalue weighted by atomic mass is 9.85. The van der Waals surface area contributed by atoms with Crippen molar-refractivity contribution in [3.8, 4) is 0 Å². The van der Waals surface area contributed by atoms with Crippen LogP contribution in [0.1, 0.15) is 63.8 Å². The van der Waals surface area contributed by atoms with Crippen LogP contribution in [0.3, 0.4) is 0 Å². The second kappa shape index (κ2) is 24.7. The van der Waals surface area contributed by atoms with Crippen LogP contribution in [0.5, 0.6) is 0 Å². The predicted octanol–water partition coefficient (Wildman–Crippen LogP) is 8.88. The second-order valence-corrected chi connectivity index (χ2v) is 25.5. The van der Waals surface area contributed by atoms with Gasteiger partial charge in [0.2, 0.25) is 0 Å². The van der Waals surface area contributed by atoms with Gasteiger partial charge in [-0.1, -0.05) is 203 Å². The van der Waals surface area contributed by atoms with Crippen molar-refractivity contribution in [3.63, 3.8) is 0 Å². The highest BCUT2D eigenvalue weighted by atomic mass is 28.4. The molecule has 0 radical (unpaired) electrons. The Kier molecular flexibility index (Phi) is 17.9. The minimum absolute atomic E-state index is 0.0531. The van der Waals surface area contributed by atoms with Crippen molar-refractivity contribution in [3.05, 3.63) is 204 Å². The monoisotopic (exact) mass is 1040 g/mol. The molecule has 3 aliphatic heterocycles. The number of ether oxygens (including phenoxy) is 9. The van der Waals surface area contributed by atoms with Gasteiger partial charge in [-0.2, -0.15) is 0 Å². The molecule has 0 saturated carbocycles. The zero-order valence-electron chi connectivity index (χ0n) is 43.9. The van der Waals surface area contributed by atoms with Crippen LogP contribution in [-0.2, 0) is 78.3 Å². The molecule has 75 heavy (non-hydrogen) atoms. The van der Waals surface area contributed by atoms with Crippen molar-refractivity contribution in [1.29, 1.82) is 0 Å². The summed E-state index contributed by atoms with van der Waals surface area (Å²) in [6.45, 7) is 12.6. The Balaban J connectivity index is 1.12. The molecule has 396 valence electrons. The fourth-order valence-corrected chi connectivity index (χ4v) is 15.5. The lowest BCUT2D eigenvalue weighted by molar-refractivity contribution is -0.307. The predicted molar refractivity (Wildman–Crippen MR) is 287 cm³/mol. The van der Waals surface area contributed by atoms with Crippen molar-refractivity contribution >= 4 is 24.7 Å². The third-order valence-electron chi connectivity index (χ3n) is 14.3. The first-order chi connectivity index (χ1) is 36.3. The molecule has 0 aliphatic carbocycles. The molecule has 0 amide bonds. The lowest BCUT2D eigenvalue weighted by Gasteiger charge is -2.51. The van der Waals surface area contributed by atoms with E-state index >= 15 is 0 Å². The van der Waals surface area contributed by atoms with Crippen molar-refractivity contribution in [2.45, 2.75) is 146 Å². The maximum absolute atomic E-state index is 13.5. The topological polar surface area (TPSA) is 130 Å². The highest BCUT2D eigenvalue weighted by molar-refractivity contribution is 6.99. The molecule has 12 nitrogen and oxygen atoms in total. The van der Waals surface area contributed by atoms with Crippen molar-refractivity contribution in [2.75, 3.05) is 13.2 Å². The summed E-state index contributed by atoms with van der Waals surface area (Å²) in [7, 11) is -3.14. The van der Waals surface area contributed by atoms with E-state index in [1.54, 1.807) is 0 Å². The van der Waals surface area contributed by atoms with Gasteiger partial charge in [0.25, 0.3) is 8.32 Å². The van der Waals surface area contributed by atoms with E-state index in [9.17, 15) is 9.90 Å². The Morgan fingerprint density at radius 3 is 1.40 bits per heavy atom. The molecule has 1 N–H and O–H groups in total. The number of carbonyl (C=O) groups is 1. The SMILES string of the molecule is CC(=O)O[C@@H]1[C@H]2OC(C)(C)O[C@H]2[C@@H](CO[Si](c2ccccc2)(c2ccccc2)C(C)(C)C)O[C@H]1[C@@H](O)[C@H]1O[C@H](COCc2ccccc2)[C@@H](OCc2ccccc2)[C@H](OCc2ccccc2)[C@@H]1OCc1ccccc1. The minimum atomic E-state index is -3.14. The minimum Gasteiger partial charge on any atom is -0.457 e. The number of benzene rings is 6. The summed E-state index contributed by atoms with van der Waals surface area (Å²) in [5.74, 6) is -1.70. The van der Waals surface area contributed by atoms with Gasteiger partial charge in [-0.25, -0.2) is 0 Å². The summed E-state index contributed by atoms with van der Waals surface area (Å²) >= 11 is 0. The number of esters is 1. The molecule has 3 heterocycles. The third kappa shape index (κ3) is 13.1. The Labute approximate surface area is 443 Å². The van der Waals surface area contributed by atoms with Crippen LogP contribution in [-0.4, -0.2) is 106 Å². The van der Waals surface area contributed by atoms with Gasteiger partial charge in [0.15, 0.2) is 11.9 Å². The standard InChI is InChI=1S/C62H72O12Si/c1-43(63)70-59-56(72-51(54-60(59)74-62(5,6)73-54)42-69-75(61(2,3)4,48-33-21-11-22-34-48)49-35-23-12-24-36-49)52(64)55-58(68-40-47-31-19-10-20-32-47)57(67-39-46-29-17-9-18-30-46)53(66-38-45-27-15-8-16-28-45)50(71-55)41-65-37-44-25-13-7-14-26-44/h7-36,50-60,64H,37-42H2,1-6H3/t50-,51-,52+,53-,54+,55-,56+,57+,58-,59+,60+/m1/s1. The first-order valence-electron chi connectivity index (χ1n) is 26.1. The summed E-state index contributed by atoms with van der Waals surface area (Å²) < 4.78 is 69.1. The molecular formula is C62H72O12Si. The van der Waals surface area contributed by atoms with Gasteiger partial charge in [-0.15, -0.1) is 0 Å². The van der Waals surface area contributed by atoms with E-state index in [0.29, 0.717) is 6.61 Å². The summed E-state index contributed by atoms with van der Waals surface area (Å²) in [6, 6.07) is 60.3. The highest BCUT2D eigenvalue weighted by Crippen LogP contribution is 2.44. The Morgan fingerprint density at radius 2 is 0.933 bits per heavy atom. The number of aliphatic hydroxyl groups is 1. The van der Waals surface area contributed by atoms with E-state index in [1.807, 2.05) is 172 Å². The first kappa shape index (κ1) is 54.4. The van der Waals surface area contributed by atoms with Gasteiger partial charge in [-0.3, -0.25) is 4.79 Å². The van der Waals surface area contributed by atoms with Crippen LogP contribution >= 0.6 is 0 Å². The van der Waals surface area contributed by atoms with Gasteiger partial charge in [0.05, 0.1) is 39.6 Å². The Hall–Kier alpha value is -5.39. The zero-order valence-corrected chi connectivity index (χ0v) is 44.9. The van der Waals surface area contributed by atoms with Crippen LogP contribution in [0.2, 0.25) is 5.04 Å². The largest absolute Gasteiger partial charge is 0.457 e. The molecule has 0 unspecified atom stereocenters. The van der Waals surface area contributed by atoms with Gasteiger partial charge in [0, 0.05) is 6.92 Å². The number of carbonyl (C=O) groups excluding carboxylic acids is 1. The van der Waals surface area contributed by atoms with Gasteiger partial charge >= 0.3 is 5.97 Å². The number of hydrogen-bond acceptors (Lipinski definition) is 12. The Morgan fingerprint density at radius 1 is 0.533 bits per heavy atom. The highest BCUT2D eigenvalue weighted by Gasteiger charge is 2.62. The molecule has 0 bridgehead atoms. The lowest BCUT2D eigenvalue weighted by Crippen LogP contribution is -2.70. The normalized spacial score (nSPS) is 26.0. The van der Waals surface area contributed by atoms with Crippen molar-refractivity contribution in [1.82, 2.24) is 0 Å². The summed E-state index contributed by atoms with van der Waals surface area (Å²) in [5, 5.41) is 15.3. The second-order valence-electron chi connectivity index (χ2n) is 21.2. The fourth-order valence-electron chi connectivity index (χ4n) is 10.9. The number of aliphatic hydroxyl groups excluding tert-OH is 1. The molecule has 11 atom stereocenters. The van der Waals surface area contributed by atoms with Crippen LogP contribution in [0.4, 0.5) is 0 Å². The van der Waals surface area contributed by atoms with Crippen LogP contribution in [0, 0.1) is 0 Å². The molecule has 3 fully saturated rings.